The lowest BCUT2D eigenvalue weighted by molar-refractivity contribution is -0.137. The molecule has 5 nitrogen and oxygen atoms in total. The summed E-state index contributed by atoms with van der Waals surface area (Å²) in [6, 6.07) is 9.66. The Morgan fingerprint density at radius 3 is 2.37 bits per heavy atom. The van der Waals surface area contributed by atoms with Crippen LogP contribution >= 0.6 is 29.7 Å². The molecule has 1 unspecified atom stereocenters. The number of carbonyl (C=O) groups excluding carboxylic acids is 1. The summed E-state index contributed by atoms with van der Waals surface area (Å²) in [5, 5.41) is 2.46. The predicted molar refractivity (Wildman–Crippen MR) is 110 cm³/mol. The molecule has 11 heteroatoms. The summed E-state index contributed by atoms with van der Waals surface area (Å²) in [4.78, 5) is 22.0. The number of nitrogens with zero attached hydrogens (tertiary/aromatic N) is 1. The molecule has 0 saturated carbocycles. The molecular formula is C19H18Cl2F3N2O3P. The first kappa shape index (κ1) is 23.1. The minimum atomic E-state index is -4.58. The molecule has 162 valence electrons. The Hall–Kier alpha value is -1.57. The zero-order valence-electron chi connectivity index (χ0n) is 15.5. The molecule has 3 rings (SSSR count). The highest BCUT2D eigenvalue weighted by atomic mass is 35.7. The van der Waals surface area contributed by atoms with Gasteiger partial charge < -0.3 is 10.2 Å². The molecule has 1 aliphatic heterocycles. The minimum absolute atomic E-state index is 0.201. The maximum absolute atomic E-state index is 13.1. The Balaban J connectivity index is 1.73. The highest BCUT2D eigenvalue weighted by Gasteiger charge is 2.33. The van der Waals surface area contributed by atoms with Crippen LogP contribution in [0.1, 0.15) is 28.8 Å². The van der Waals surface area contributed by atoms with Crippen LogP contribution in [-0.2, 0) is 10.7 Å². The number of nitrogens with one attached hydrogen (secondary N) is 1. The lowest BCUT2D eigenvalue weighted by Gasteiger charge is -2.32. The molecule has 0 aliphatic carbocycles. The monoisotopic (exact) mass is 480 g/mol. The van der Waals surface area contributed by atoms with E-state index in [1.165, 1.54) is 22.9 Å². The third-order valence-corrected chi connectivity index (χ3v) is 6.95. The summed E-state index contributed by atoms with van der Waals surface area (Å²) >= 11 is 11.1. The van der Waals surface area contributed by atoms with Gasteiger partial charge in [0.25, 0.3) is 5.91 Å². The van der Waals surface area contributed by atoms with Crippen LogP contribution in [0.5, 0.6) is 0 Å². The standard InChI is InChI=1S/C19H18Cl2F3N2O3P/c20-17-5-4-13(11-16(17)19(22,23)24)12-2-1-3-14(10-12)18(27)25-15-6-8-26(9-7-15)30(21,28)29/h1-5,10-11,15H,6-9H2,(H,25,27)(H,28,29). The molecule has 2 N–H and O–H groups in total. The van der Waals surface area contributed by atoms with E-state index < -0.39 is 23.6 Å². The summed E-state index contributed by atoms with van der Waals surface area (Å²) in [6.07, 6.45) is -3.68. The normalized spacial score (nSPS) is 18.1. The fourth-order valence-electron chi connectivity index (χ4n) is 3.29. The van der Waals surface area contributed by atoms with E-state index in [1.54, 1.807) is 18.2 Å². The second-order valence-corrected chi connectivity index (χ2v) is 10.2. The molecule has 0 spiro atoms. The van der Waals surface area contributed by atoms with Crippen LogP contribution < -0.4 is 5.32 Å². The number of hydrogen-bond acceptors (Lipinski definition) is 2. The number of halogens is 5. The third kappa shape index (κ3) is 5.56. The van der Waals surface area contributed by atoms with Gasteiger partial charge in [-0.15, -0.1) is 0 Å². The summed E-state index contributed by atoms with van der Waals surface area (Å²) in [5.41, 5.74) is 0.0887. The Bertz CT molecular complexity index is 989. The second-order valence-electron chi connectivity index (χ2n) is 6.95. The fraction of sp³-hybridized carbons (Fsp3) is 0.316. The van der Waals surface area contributed by atoms with Crippen molar-refractivity contribution in [3.8, 4) is 11.1 Å². The molecule has 1 saturated heterocycles. The highest BCUT2D eigenvalue weighted by Crippen LogP contribution is 2.51. The van der Waals surface area contributed by atoms with Crippen LogP contribution in [0.4, 0.5) is 13.2 Å². The molecule has 2 aromatic carbocycles. The average Bonchev–Trinajstić information content (AvgIpc) is 2.67. The van der Waals surface area contributed by atoms with Gasteiger partial charge in [0.1, 0.15) is 0 Å². The maximum atomic E-state index is 13.1. The molecule has 0 bridgehead atoms. The molecule has 1 atom stereocenters. The van der Waals surface area contributed by atoms with Gasteiger partial charge in [0, 0.05) is 24.7 Å². The number of alkyl halides is 3. The van der Waals surface area contributed by atoms with E-state index in [-0.39, 0.29) is 30.6 Å². The molecule has 2 aromatic rings. The van der Waals surface area contributed by atoms with E-state index in [0.717, 1.165) is 6.07 Å². The predicted octanol–water partition coefficient (Wildman–Crippen LogP) is 5.56. The summed E-state index contributed by atoms with van der Waals surface area (Å²) < 4.78 is 52.1. The molecule has 1 amide bonds. The smallest absolute Gasteiger partial charge is 0.349 e. The number of rotatable bonds is 4. The summed E-state index contributed by atoms with van der Waals surface area (Å²) in [5.74, 6) is -0.377. The Kier molecular flexibility index (Phi) is 6.84. The van der Waals surface area contributed by atoms with Crippen molar-refractivity contribution in [1.82, 2.24) is 9.99 Å². The first-order chi connectivity index (χ1) is 13.9. The van der Waals surface area contributed by atoms with Crippen molar-refractivity contribution in [2.24, 2.45) is 0 Å². The van der Waals surface area contributed by atoms with Crippen molar-refractivity contribution in [2.45, 2.75) is 25.1 Å². The Morgan fingerprint density at radius 1 is 1.13 bits per heavy atom. The van der Waals surface area contributed by atoms with Gasteiger partial charge in [-0.05, 0) is 59.5 Å². The maximum Gasteiger partial charge on any atom is 0.417 e. The van der Waals surface area contributed by atoms with Gasteiger partial charge in [-0.25, -0.2) is 4.67 Å². The summed E-state index contributed by atoms with van der Waals surface area (Å²) in [6.45, 7) is -3.27. The minimum Gasteiger partial charge on any atom is -0.349 e. The molecule has 1 heterocycles. The van der Waals surface area contributed by atoms with Gasteiger partial charge in [-0.2, -0.15) is 13.2 Å². The fourth-order valence-corrected chi connectivity index (χ4v) is 4.69. The van der Waals surface area contributed by atoms with Crippen LogP contribution in [0.2, 0.25) is 5.02 Å². The van der Waals surface area contributed by atoms with E-state index in [4.69, 9.17) is 22.8 Å². The molecule has 0 aromatic heterocycles. The quantitative estimate of drug-likeness (QED) is 0.562. The van der Waals surface area contributed by atoms with Gasteiger partial charge >= 0.3 is 13.0 Å². The van der Waals surface area contributed by atoms with Crippen molar-refractivity contribution in [1.29, 1.82) is 0 Å². The van der Waals surface area contributed by atoms with Crippen LogP contribution in [-0.4, -0.2) is 34.6 Å². The largest absolute Gasteiger partial charge is 0.417 e. The zero-order valence-corrected chi connectivity index (χ0v) is 17.9. The number of amides is 1. The van der Waals surface area contributed by atoms with Crippen LogP contribution in [0.3, 0.4) is 0 Å². The van der Waals surface area contributed by atoms with Crippen LogP contribution in [0, 0.1) is 0 Å². The van der Waals surface area contributed by atoms with Gasteiger partial charge in [0.2, 0.25) is 0 Å². The van der Waals surface area contributed by atoms with Gasteiger partial charge in [-0.3, -0.25) is 9.36 Å². The number of piperidine rings is 1. The van der Waals surface area contributed by atoms with Gasteiger partial charge in [-0.1, -0.05) is 29.8 Å². The first-order valence-electron chi connectivity index (χ1n) is 9.01. The Morgan fingerprint density at radius 2 is 1.77 bits per heavy atom. The van der Waals surface area contributed by atoms with E-state index >= 15 is 0 Å². The number of carbonyl (C=O) groups is 1. The topological polar surface area (TPSA) is 69.6 Å². The molecular weight excluding hydrogens is 463 g/mol. The van der Waals surface area contributed by atoms with Gasteiger partial charge in [0.05, 0.1) is 10.6 Å². The molecule has 30 heavy (non-hydrogen) atoms. The molecule has 1 aliphatic rings. The van der Waals surface area contributed by atoms with Crippen molar-refractivity contribution in [3.05, 3.63) is 58.6 Å². The van der Waals surface area contributed by atoms with Crippen LogP contribution in [0.25, 0.3) is 11.1 Å². The van der Waals surface area contributed by atoms with Crippen LogP contribution in [0.15, 0.2) is 42.5 Å². The van der Waals surface area contributed by atoms with Gasteiger partial charge in [0.15, 0.2) is 0 Å². The molecule has 1 fully saturated rings. The molecule has 0 radical (unpaired) electrons. The first-order valence-corrected chi connectivity index (χ1v) is 11.9. The lowest BCUT2D eigenvalue weighted by atomic mass is 10.00. The van der Waals surface area contributed by atoms with E-state index in [2.05, 4.69) is 5.32 Å². The van der Waals surface area contributed by atoms with Crippen molar-refractivity contribution in [3.63, 3.8) is 0 Å². The van der Waals surface area contributed by atoms with E-state index in [1.807, 2.05) is 0 Å². The van der Waals surface area contributed by atoms with Crippen molar-refractivity contribution < 1.29 is 27.4 Å². The highest BCUT2D eigenvalue weighted by molar-refractivity contribution is 7.82. The Labute approximate surface area is 181 Å². The van der Waals surface area contributed by atoms with E-state index in [0.29, 0.717) is 24.0 Å². The third-order valence-electron chi connectivity index (χ3n) is 4.89. The van der Waals surface area contributed by atoms with E-state index in [9.17, 15) is 27.4 Å². The number of hydrogen-bond donors (Lipinski definition) is 2. The lowest BCUT2D eigenvalue weighted by Crippen LogP contribution is -2.43. The second kappa shape index (κ2) is 8.89. The van der Waals surface area contributed by atoms with Crippen molar-refractivity contribution >= 4 is 35.6 Å². The van der Waals surface area contributed by atoms with Crippen molar-refractivity contribution in [2.75, 3.05) is 13.1 Å². The average molecular weight is 481 g/mol. The SMILES string of the molecule is O=C(NC1CCN(P(=O)(O)Cl)CC1)c1cccc(-c2ccc(Cl)c(C(F)(F)F)c2)c1. The summed E-state index contributed by atoms with van der Waals surface area (Å²) in [7, 11) is 0. The number of benzene rings is 2. The zero-order chi connectivity index (χ0) is 22.1.